The van der Waals surface area contributed by atoms with Gasteiger partial charge in [-0.2, -0.15) is 5.10 Å². The number of hydrogen-bond acceptors (Lipinski definition) is 4. The lowest BCUT2D eigenvalue weighted by Gasteiger charge is -2.14. The summed E-state index contributed by atoms with van der Waals surface area (Å²) in [6.45, 7) is 2.62. The summed E-state index contributed by atoms with van der Waals surface area (Å²) in [7, 11) is 0. The highest BCUT2D eigenvalue weighted by molar-refractivity contribution is 6.02. The maximum absolute atomic E-state index is 13.0. The third kappa shape index (κ3) is 4.71. The van der Waals surface area contributed by atoms with Crippen LogP contribution in [0.4, 0.5) is 0 Å². The molecular formula is C23H25N3O3. The molecule has 0 aliphatic carbocycles. The van der Waals surface area contributed by atoms with Crippen molar-refractivity contribution in [1.29, 1.82) is 0 Å². The number of carbonyl (C=O) groups is 1. The van der Waals surface area contributed by atoms with Gasteiger partial charge in [-0.15, -0.1) is 0 Å². The molecular weight excluding hydrogens is 366 g/mol. The molecule has 0 saturated carbocycles. The number of hydrazone groups is 1. The zero-order valence-electron chi connectivity index (χ0n) is 16.5. The fourth-order valence-electron chi connectivity index (χ4n) is 3.27. The molecule has 150 valence electrons. The highest BCUT2D eigenvalue weighted by Gasteiger charge is 2.21. The summed E-state index contributed by atoms with van der Waals surface area (Å²) in [6.07, 6.45) is 5.50. The molecule has 0 aliphatic rings. The summed E-state index contributed by atoms with van der Waals surface area (Å²) < 4.78 is 1.57. The van der Waals surface area contributed by atoms with Gasteiger partial charge in [-0.05, 0) is 24.1 Å². The van der Waals surface area contributed by atoms with E-state index < -0.39 is 11.5 Å². The number of aromatic hydroxyl groups is 1. The summed E-state index contributed by atoms with van der Waals surface area (Å²) in [5.41, 5.74) is 2.99. The first kappa shape index (κ1) is 20.3. The standard InChI is InChI=1S/C23H25N3O3/c1-2-3-4-10-15-26-19-14-9-8-13-18(19)21(27)20(23(26)29)22(28)25-24-16-17-11-6-5-7-12-17/h5-9,11-14,16,27H,2-4,10,15H2,1H3,(H,25,28)/b24-16-. The number of aryl methyl sites for hydroxylation is 1. The van der Waals surface area contributed by atoms with Crippen molar-refractivity contribution in [2.45, 2.75) is 39.2 Å². The first-order valence-electron chi connectivity index (χ1n) is 9.86. The van der Waals surface area contributed by atoms with Gasteiger partial charge >= 0.3 is 0 Å². The monoisotopic (exact) mass is 391 g/mol. The molecule has 3 rings (SSSR count). The largest absolute Gasteiger partial charge is 0.506 e. The molecule has 0 aliphatic heterocycles. The zero-order chi connectivity index (χ0) is 20.6. The number of nitrogens with zero attached hydrogens (tertiary/aromatic N) is 2. The van der Waals surface area contributed by atoms with E-state index in [9.17, 15) is 14.7 Å². The van der Waals surface area contributed by atoms with Gasteiger partial charge in [0.2, 0.25) is 0 Å². The fraction of sp³-hybridized carbons (Fsp3) is 0.261. The van der Waals surface area contributed by atoms with Crippen LogP contribution in [0, 0.1) is 0 Å². The maximum atomic E-state index is 13.0. The Hall–Kier alpha value is -3.41. The van der Waals surface area contributed by atoms with E-state index in [0.717, 1.165) is 31.2 Å². The number of nitrogens with one attached hydrogen (secondary N) is 1. The van der Waals surface area contributed by atoms with Crippen molar-refractivity contribution in [2.24, 2.45) is 5.10 Å². The summed E-state index contributed by atoms with van der Waals surface area (Å²) in [6, 6.07) is 16.3. The highest BCUT2D eigenvalue weighted by Crippen LogP contribution is 2.26. The number of carbonyl (C=O) groups excluding carboxylic acids is 1. The van der Waals surface area contributed by atoms with Gasteiger partial charge in [-0.25, -0.2) is 5.43 Å². The molecule has 0 atom stereocenters. The Morgan fingerprint density at radius 3 is 2.55 bits per heavy atom. The molecule has 0 fully saturated rings. The van der Waals surface area contributed by atoms with E-state index >= 15 is 0 Å². The van der Waals surface area contributed by atoms with Gasteiger partial charge in [-0.3, -0.25) is 9.59 Å². The molecule has 6 nitrogen and oxygen atoms in total. The number of pyridine rings is 1. The van der Waals surface area contributed by atoms with Gasteiger partial charge in [0.15, 0.2) is 0 Å². The molecule has 1 aromatic heterocycles. The minimum absolute atomic E-state index is 0.288. The van der Waals surface area contributed by atoms with Crippen LogP contribution in [0.2, 0.25) is 0 Å². The fourth-order valence-corrected chi connectivity index (χ4v) is 3.27. The number of para-hydroxylation sites is 1. The van der Waals surface area contributed by atoms with Crippen LogP contribution in [-0.4, -0.2) is 21.8 Å². The molecule has 0 radical (unpaired) electrons. The molecule has 29 heavy (non-hydrogen) atoms. The molecule has 0 spiro atoms. The maximum Gasteiger partial charge on any atom is 0.280 e. The smallest absolute Gasteiger partial charge is 0.280 e. The second-order valence-electron chi connectivity index (χ2n) is 6.87. The predicted molar refractivity (Wildman–Crippen MR) is 116 cm³/mol. The lowest BCUT2D eigenvalue weighted by atomic mass is 10.1. The van der Waals surface area contributed by atoms with Gasteiger partial charge in [0.05, 0.1) is 11.7 Å². The van der Waals surface area contributed by atoms with Crippen molar-refractivity contribution in [3.8, 4) is 5.75 Å². The van der Waals surface area contributed by atoms with Crippen LogP contribution in [0.3, 0.4) is 0 Å². The first-order chi connectivity index (χ1) is 14.1. The van der Waals surface area contributed by atoms with Crippen LogP contribution in [-0.2, 0) is 6.54 Å². The van der Waals surface area contributed by atoms with Crippen LogP contribution in [0.5, 0.6) is 5.75 Å². The summed E-state index contributed by atoms with van der Waals surface area (Å²) >= 11 is 0. The second kappa shape index (κ2) is 9.68. The lowest BCUT2D eigenvalue weighted by molar-refractivity contribution is 0.0950. The average Bonchev–Trinajstić information content (AvgIpc) is 2.74. The van der Waals surface area contributed by atoms with Crippen LogP contribution in [0.15, 0.2) is 64.5 Å². The molecule has 2 N–H and O–H groups in total. The molecule has 2 aromatic carbocycles. The third-order valence-electron chi connectivity index (χ3n) is 4.79. The molecule has 0 bridgehead atoms. The van der Waals surface area contributed by atoms with Crippen LogP contribution >= 0.6 is 0 Å². The van der Waals surface area contributed by atoms with Crippen molar-refractivity contribution in [2.75, 3.05) is 0 Å². The van der Waals surface area contributed by atoms with E-state index in [1.165, 1.54) is 6.21 Å². The zero-order valence-corrected chi connectivity index (χ0v) is 16.5. The van der Waals surface area contributed by atoms with E-state index in [2.05, 4.69) is 17.5 Å². The van der Waals surface area contributed by atoms with E-state index in [4.69, 9.17) is 0 Å². The number of rotatable bonds is 8. The molecule has 3 aromatic rings. The molecule has 0 saturated heterocycles. The van der Waals surface area contributed by atoms with Crippen LogP contribution in [0.1, 0.15) is 48.5 Å². The number of unbranched alkanes of at least 4 members (excludes halogenated alkanes) is 3. The Labute approximate surface area is 169 Å². The summed E-state index contributed by atoms with van der Waals surface area (Å²) in [5.74, 6) is -1.05. The molecule has 0 unspecified atom stereocenters. The third-order valence-corrected chi connectivity index (χ3v) is 4.79. The Kier molecular flexibility index (Phi) is 6.79. The van der Waals surface area contributed by atoms with Crippen molar-refractivity contribution in [3.63, 3.8) is 0 Å². The SMILES string of the molecule is CCCCCCn1c(=O)c(C(=O)N/N=C\c2ccccc2)c(O)c2ccccc21. The van der Waals surface area contributed by atoms with E-state index in [0.29, 0.717) is 17.4 Å². The molecule has 1 amide bonds. The number of benzene rings is 2. The Morgan fingerprint density at radius 2 is 1.79 bits per heavy atom. The first-order valence-corrected chi connectivity index (χ1v) is 9.86. The van der Waals surface area contributed by atoms with E-state index in [-0.39, 0.29) is 11.3 Å². The normalized spacial score (nSPS) is 11.2. The quantitative estimate of drug-likeness (QED) is 0.345. The topological polar surface area (TPSA) is 83.7 Å². The minimum Gasteiger partial charge on any atom is -0.506 e. The highest BCUT2D eigenvalue weighted by atomic mass is 16.3. The van der Waals surface area contributed by atoms with Crippen molar-refractivity contribution >= 4 is 23.0 Å². The minimum atomic E-state index is -0.729. The molecule has 1 heterocycles. The Bertz CT molecular complexity index is 1070. The van der Waals surface area contributed by atoms with Crippen LogP contribution < -0.4 is 11.0 Å². The number of amides is 1. The average molecular weight is 391 g/mol. The lowest BCUT2D eigenvalue weighted by Crippen LogP contribution is -2.31. The van der Waals surface area contributed by atoms with Crippen molar-refractivity contribution in [1.82, 2.24) is 9.99 Å². The van der Waals surface area contributed by atoms with E-state index in [1.807, 2.05) is 36.4 Å². The van der Waals surface area contributed by atoms with Gasteiger partial charge in [-0.1, -0.05) is 68.7 Å². The number of fused-ring (bicyclic) bond motifs is 1. The summed E-state index contributed by atoms with van der Waals surface area (Å²) in [5, 5.41) is 15.0. The summed E-state index contributed by atoms with van der Waals surface area (Å²) in [4.78, 5) is 25.7. The molecule has 6 heteroatoms. The number of aromatic nitrogens is 1. The predicted octanol–water partition coefficient (Wildman–Crippen LogP) is 4.05. The van der Waals surface area contributed by atoms with Gasteiger partial charge in [0, 0.05) is 11.9 Å². The van der Waals surface area contributed by atoms with Crippen molar-refractivity contribution in [3.05, 3.63) is 76.1 Å². The second-order valence-corrected chi connectivity index (χ2v) is 6.87. The van der Waals surface area contributed by atoms with Gasteiger partial charge in [0.1, 0.15) is 11.3 Å². The van der Waals surface area contributed by atoms with Gasteiger partial charge in [0.25, 0.3) is 11.5 Å². The number of hydrogen-bond donors (Lipinski definition) is 2. The Morgan fingerprint density at radius 1 is 1.07 bits per heavy atom. The van der Waals surface area contributed by atoms with Gasteiger partial charge < -0.3 is 9.67 Å². The van der Waals surface area contributed by atoms with Crippen LogP contribution in [0.25, 0.3) is 10.9 Å². The van der Waals surface area contributed by atoms with Crippen molar-refractivity contribution < 1.29 is 9.90 Å². The Balaban J connectivity index is 1.93. The van der Waals surface area contributed by atoms with E-state index in [1.54, 1.807) is 22.8 Å².